The van der Waals surface area contributed by atoms with Crippen LogP contribution in [0.1, 0.15) is 24.0 Å². The van der Waals surface area contributed by atoms with Gasteiger partial charge in [0.1, 0.15) is 6.04 Å². The van der Waals surface area contributed by atoms with Crippen LogP contribution in [-0.4, -0.2) is 38.3 Å². The van der Waals surface area contributed by atoms with Crippen molar-refractivity contribution in [2.24, 2.45) is 0 Å². The lowest BCUT2D eigenvalue weighted by molar-refractivity contribution is -0.137. The van der Waals surface area contributed by atoms with Gasteiger partial charge in [0, 0.05) is 18.5 Å². The minimum atomic E-state index is -4.35. The Bertz CT molecular complexity index is 579. The van der Waals surface area contributed by atoms with Crippen LogP contribution in [0.15, 0.2) is 24.3 Å². The molecule has 23 heavy (non-hydrogen) atoms. The van der Waals surface area contributed by atoms with Crippen molar-refractivity contribution >= 4 is 5.91 Å². The van der Waals surface area contributed by atoms with Crippen LogP contribution in [0.2, 0.25) is 0 Å². The molecular weight excluding hydrogens is 309 g/mol. The van der Waals surface area contributed by atoms with Gasteiger partial charge in [0.05, 0.1) is 18.8 Å². The molecule has 1 aliphatic carbocycles. The molecule has 1 saturated heterocycles. The molecule has 126 valence electrons. The van der Waals surface area contributed by atoms with E-state index in [1.165, 1.54) is 12.1 Å². The van der Waals surface area contributed by atoms with Gasteiger partial charge in [-0.15, -0.1) is 0 Å². The van der Waals surface area contributed by atoms with Crippen molar-refractivity contribution < 1.29 is 22.7 Å². The van der Waals surface area contributed by atoms with Crippen molar-refractivity contribution in [2.45, 2.75) is 30.5 Å². The Morgan fingerprint density at radius 1 is 1.39 bits per heavy atom. The topological polar surface area (TPSA) is 50.4 Å². The molecule has 1 saturated carbocycles. The summed E-state index contributed by atoms with van der Waals surface area (Å²) in [6.45, 7) is 1.88. The summed E-state index contributed by atoms with van der Waals surface area (Å²) < 4.78 is 43.8. The molecule has 0 aromatic heterocycles. The summed E-state index contributed by atoms with van der Waals surface area (Å²) in [4.78, 5) is 12.1. The second kappa shape index (κ2) is 6.13. The standard InChI is InChI=1S/C16H19F3N2O2/c17-16(18,19)12-3-1-2-11(8-12)15(4-5-15)10-21-14(22)13-9-23-7-6-20-13/h1-3,8,13,20H,4-7,9-10H2,(H,21,22). The molecule has 0 radical (unpaired) electrons. The van der Waals surface area contributed by atoms with E-state index in [1.807, 2.05) is 0 Å². The van der Waals surface area contributed by atoms with E-state index in [-0.39, 0.29) is 17.4 Å². The van der Waals surface area contributed by atoms with Crippen LogP contribution >= 0.6 is 0 Å². The van der Waals surface area contributed by atoms with Crippen molar-refractivity contribution in [1.82, 2.24) is 10.6 Å². The number of morpholine rings is 1. The summed E-state index contributed by atoms with van der Waals surface area (Å²) in [5.41, 5.74) is -0.373. The number of ether oxygens (including phenoxy) is 1. The number of rotatable bonds is 4. The molecule has 4 nitrogen and oxygen atoms in total. The zero-order valence-corrected chi connectivity index (χ0v) is 12.6. The van der Waals surface area contributed by atoms with Gasteiger partial charge in [-0.3, -0.25) is 4.79 Å². The van der Waals surface area contributed by atoms with Crippen molar-refractivity contribution in [3.63, 3.8) is 0 Å². The number of carbonyl (C=O) groups excluding carboxylic acids is 1. The molecule has 2 N–H and O–H groups in total. The van der Waals surface area contributed by atoms with Gasteiger partial charge in [0.2, 0.25) is 5.91 Å². The summed E-state index contributed by atoms with van der Waals surface area (Å²) in [5.74, 6) is -0.164. The smallest absolute Gasteiger partial charge is 0.378 e. The zero-order valence-electron chi connectivity index (χ0n) is 12.6. The Balaban J connectivity index is 1.65. The van der Waals surface area contributed by atoms with Gasteiger partial charge in [-0.05, 0) is 24.5 Å². The number of amides is 1. The third-order valence-corrected chi connectivity index (χ3v) is 4.49. The maximum atomic E-state index is 12.8. The van der Waals surface area contributed by atoms with Gasteiger partial charge in [-0.2, -0.15) is 13.2 Å². The first-order chi connectivity index (χ1) is 10.9. The molecule has 7 heteroatoms. The summed E-state index contributed by atoms with van der Waals surface area (Å²) in [6, 6.07) is 5.01. The van der Waals surface area contributed by atoms with E-state index in [0.29, 0.717) is 31.9 Å². The maximum Gasteiger partial charge on any atom is 0.416 e. The van der Waals surface area contributed by atoms with Gasteiger partial charge in [0.15, 0.2) is 0 Å². The number of carbonyl (C=O) groups is 1. The molecule has 0 bridgehead atoms. The fraction of sp³-hybridized carbons (Fsp3) is 0.562. The average molecular weight is 328 g/mol. The summed E-state index contributed by atoms with van der Waals surface area (Å²) in [5, 5.41) is 5.91. The normalized spacial score (nSPS) is 23.3. The van der Waals surface area contributed by atoms with Crippen molar-refractivity contribution in [3.05, 3.63) is 35.4 Å². The number of hydrogen-bond donors (Lipinski definition) is 2. The Hall–Kier alpha value is -1.60. The number of hydrogen-bond acceptors (Lipinski definition) is 3. The first kappa shape index (κ1) is 16.3. The molecule has 0 spiro atoms. The van der Waals surface area contributed by atoms with Crippen LogP contribution in [0.3, 0.4) is 0 Å². The second-order valence-electron chi connectivity index (χ2n) is 6.16. The Kier molecular flexibility index (Phi) is 4.33. The van der Waals surface area contributed by atoms with Crippen molar-refractivity contribution in [2.75, 3.05) is 26.3 Å². The summed E-state index contributed by atoms with van der Waals surface area (Å²) in [6.07, 6.45) is -2.79. The van der Waals surface area contributed by atoms with E-state index < -0.39 is 11.7 Å². The maximum absolute atomic E-state index is 12.8. The highest BCUT2D eigenvalue weighted by molar-refractivity contribution is 5.82. The number of alkyl halides is 3. The predicted octanol–water partition coefficient (Wildman–Crippen LogP) is 1.84. The lowest BCUT2D eigenvalue weighted by atomic mass is 9.94. The third-order valence-electron chi connectivity index (χ3n) is 4.49. The molecule has 1 amide bonds. The van der Waals surface area contributed by atoms with E-state index in [2.05, 4.69) is 10.6 Å². The third kappa shape index (κ3) is 3.67. The van der Waals surface area contributed by atoms with Crippen LogP contribution in [-0.2, 0) is 21.1 Å². The second-order valence-corrected chi connectivity index (χ2v) is 6.16. The molecule has 2 fully saturated rings. The Morgan fingerprint density at radius 2 is 2.17 bits per heavy atom. The molecule has 2 aliphatic rings. The van der Waals surface area contributed by atoms with Gasteiger partial charge < -0.3 is 15.4 Å². The van der Waals surface area contributed by atoms with Gasteiger partial charge in [-0.1, -0.05) is 18.2 Å². The predicted molar refractivity (Wildman–Crippen MR) is 78.0 cm³/mol. The molecule has 1 heterocycles. The number of halogens is 3. The average Bonchev–Trinajstić information content (AvgIpc) is 3.34. The van der Waals surface area contributed by atoms with E-state index in [0.717, 1.165) is 18.9 Å². The number of benzene rings is 1. The lowest BCUT2D eigenvalue weighted by Crippen LogP contribution is -2.52. The fourth-order valence-electron chi connectivity index (χ4n) is 2.86. The van der Waals surface area contributed by atoms with E-state index in [4.69, 9.17) is 4.74 Å². The van der Waals surface area contributed by atoms with Gasteiger partial charge in [-0.25, -0.2) is 0 Å². The molecule has 1 aliphatic heterocycles. The first-order valence-corrected chi connectivity index (χ1v) is 7.67. The molecule has 1 aromatic rings. The minimum absolute atomic E-state index is 0.164. The van der Waals surface area contributed by atoms with E-state index in [1.54, 1.807) is 6.07 Å². The number of nitrogens with one attached hydrogen (secondary N) is 2. The molecule has 3 rings (SSSR count). The molecule has 1 atom stereocenters. The highest BCUT2D eigenvalue weighted by atomic mass is 19.4. The lowest BCUT2D eigenvalue weighted by Gasteiger charge is -2.24. The SMILES string of the molecule is O=C(NCC1(c2cccc(C(F)(F)F)c2)CC1)C1COCCN1. The fourth-order valence-corrected chi connectivity index (χ4v) is 2.86. The van der Waals surface area contributed by atoms with E-state index in [9.17, 15) is 18.0 Å². The largest absolute Gasteiger partial charge is 0.416 e. The van der Waals surface area contributed by atoms with E-state index >= 15 is 0 Å². The molecule has 1 unspecified atom stereocenters. The zero-order chi connectivity index (χ0) is 16.5. The summed E-state index contributed by atoms with van der Waals surface area (Å²) >= 11 is 0. The summed E-state index contributed by atoms with van der Waals surface area (Å²) in [7, 11) is 0. The highest BCUT2D eigenvalue weighted by Crippen LogP contribution is 2.48. The molecule has 1 aromatic carbocycles. The van der Waals surface area contributed by atoms with Crippen LogP contribution < -0.4 is 10.6 Å². The van der Waals surface area contributed by atoms with Gasteiger partial charge >= 0.3 is 6.18 Å². The van der Waals surface area contributed by atoms with Crippen LogP contribution in [0.5, 0.6) is 0 Å². The van der Waals surface area contributed by atoms with Crippen LogP contribution in [0, 0.1) is 0 Å². The first-order valence-electron chi connectivity index (χ1n) is 7.67. The Morgan fingerprint density at radius 3 is 2.78 bits per heavy atom. The quantitative estimate of drug-likeness (QED) is 0.887. The highest BCUT2D eigenvalue weighted by Gasteiger charge is 2.45. The van der Waals surface area contributed by atoms with Crippen molar-refractivity contribution in [1.29, 1.82) is 0 Å². The van der Waals surface area contributed by atoms with Crippen LogP contribution in [0.25, 0.3) is 0 Å². The van der Waals surface area contributed by atoms with Crippen molar-refractivity contribution in [3.8, 4) is 0 Å². The van der Waals surface area contributed by atoms with Crippen LogP contribution in [0.4, 0.5) is 13.2 Å². The molecular formula is C16H19F3N2O2. The Labute approximate surface area is 132 Å². The monoisotopic (exact) mass is 328 g/mol. The van der Waals surface area contributed by atoms with Gasteiger partial charge in [0.25, 0.3) is 0 Å². The minimum Gasteiger partial charge on any atom is -0.378 e.